The summed E-state index contributed by atoms with van der Waals surface area (Å²) in [6.07, 6.45) is 2.16. The van der Waals surface area contributed by atoms with E-state index >= 15 is 0 Å². The summed E-state index contributed by atoms with van der Waals surface area (Å²) >= 11 is 0. The maximum absolute atomic E-state index is 11.2. The second-order valence-electron chi connectivity index (χ2n) is 5.15. The Kier molecular flexibility index (Phi) is 5.98. The van der Waals surface area contributed by atoms with Crippen LogP contribution in [0.5, 0.6) is 0 Å². The number of carboxylic acids is 1. The second kappa shape index (κ2) is 7.99. The first-order valence-corrected chi connectivity index (χ1v) is 7.24. The number of rotatable bonds is 1. The highest BCUT2D eigenvalue weighted by molar-refractivity contribution is 5.88. The number of carbonyl (C=O) groups is 1. The molecule has 1 aliphatic rings. The van der Waals surface area contributed by atoms with Crippen LogP contribution in [0, 0.1) is 0 Å². The lowest BCUT2D eigenvalue weighted by Gasteiger charge is -2.12. The molecule has 5 nitrogen and oxygen atoms in total. The number of fused-ring (bicyclic) bond motifs is 2. The van der Waals surface area contributed by atoms with Crippen LogP contribution in [0.15, 0.2) is 18.2 Å². The van der Waals surface area contributed by atoms with Crippen molar-refractivity contribution in [3.05, 3.63) is 34.9 Å². The smallest absolute Gasteiger partial charge is 0.335 e. The third-order valence-electron chi connectivity index (χ3n) is 3.37. The van der Waals surface area contributed by atoms with Crippen molar-refractivity contribution in [2.45, 2.75) is 25.9 Å². The normalized spacial score (nSPS) is 18.2. The van der Waals surface area contributed by atoms with E-state index in [1.165, 1.54) is 0 Å². The largest absolute Gasteiger partial charge is 0.478 e. The molecule has 0 atom stereocenters. The molecular weight excluding hydrogens is 254 g/mol. The molecule has 20 heavy (non-hydrogen) atoms. The van der Waals surface area contributed by atoms with Crippen molar-refractivity contribution in [1.29, 1.82) is 0 Å². The zero-order valence-electron chi connectivity index (χ0n) is 11.7. The van der Waals surface area contributed by atoms with Gasteiger partial charge in [0.25, 0.3) is 0 Å². The molecule has 1 aromatic rings. The van der Waals surface area contributed by atoms with Gasteiger partial charge in [0.1, 0.15) is 0 Å². The summed E-state index contributed by atoms with van der Waals surface area (Å²) in [7, 11) is 0. The first-order valence-electron chi connectivity index (χ1n) is 7.24. The van der Waals surface area contributed by atoms with Crippen LogP contribution in [0.1, 0.15) is 34.3 Å². The molecule has 2 rings (SSSR count). The minimum absolute atomic E-state index is 0.370. The van der Waals surface area contributed by atoms with Crippen LogP contribution in [0.2, 0.25) is 0 Å². The summed E-state index contributed by atoms with van der Waals surface area (Å²) in [5, 5.41) is 19.3. The highest BCUT2D eigenvalue weighted by atomic mass is 16.4. The molecule has 0 saturated heterocycles. The monoisotopic (exact) mass is 277 g/mol. The standard InChI is InChI=1S/C15H23N3O2/c19-15(20)14-8-12-7-13(9-14)11-18-6-2-4-16-3-1-5-17-10-12/h7-9,16-18H,1-6,10-11H2,(H,19,20). The van der Waals surface area contributed by atoms with Gasteiger partial charge in [0, 0.05) is 13.1 Å². The van der Waals surface area contributed by atoms with E-state index in [4.69, 9.17) is 0 Å². The summed E-state index contributed by atoms with van der Waals surface area (Å²) in [5.74, 6) is -0.863. The van der Waals surface area contributed by atoms with Crippen molar-refractivity contribution in [3.8, 4) is 0 Å². The van der Waals surface area contributed by atoms with Crippen molar-refractivity contribution < 1.29 is 9.90 Å². The van der Waals surface area contributed by atoms with E-state index in [2.05, 4.69) is 22.0 Å². The van der Waals surface area contributed by atoms with Gasteiger partial charge in [-0.2, -0.15) is 0 Å². The van der Waals surface area contributed by atoms with E-state index in [1.54, 1.807) is 12.1 Å². The molecule has 0 radical (unpaired) electrons. The molecule has 2 bridgehead atoms. The number of benzene rings is 1. The number of aromatic carboxylic acids is 1. The predicted molar refractivity (Wildman–Crippen MR) is 78.9 cm³/mol. The van der Waals surface area contributed by atoms with E-state index < -0.39 is 5.97 Å². The van der Waals surface area contributed by atoms with E-state index in [0.717, 1.165) is 50.1 Å². The van der Waals surface area contributed by atoms with Crippen molar-refractivity contribution in [2.75, 3.05) is 26.2 Å². The molecule has 0 amide bonds. The minimum atomic E-state index is -0.863. The van der Waals surface area contributed by atoms with Crippen LogP contribution in [-0.2, 0) is 13.1 Å². The summed E-state index contributed by atoms with van der Waals surface area (Å²) in [6.45, 7) is 5.36. The SMILES string of the molecule is O=C(O)c1cc2cc(c1)CNCCCNCCCNC2. The van der Waals surface area contributed by atoms with Gasteiger partial charge in [0.15, 0.2) is 0 Å². The van der Waals surface area contributed by atoms with Gasteiger partial charge < -0.3 is 21.1 Å². The van der Waals surface area contributed by atoms with Crippen molar-refractivity contribution in [3.63, 3.8) is 0 Å². The van der Waals surface area contributed by atoms with E-state index in [-0.39, 0.29) is 0 Å². The van der Waals surface area contributed by atoms with E-state index in [1.807, 2.05) is 0 Å². The Labute approximate surface area is 119 Å². The number of hydrogen-bond acceptors (Lipinski definition) is 4. The topological polar surface area (TPSA) is 73.4 Å². The number of hydrogen-bond donors (Lipinski definition) is 4. The predicted octanol–water partition coefficient (Wildman–Crippen LogP) is 0.947. The van der Waals surface area contributed by atoms with Crippen molar-refractivity contribution >= 4 is 5.97 Å². The maximum Gasteiger partial charge on any atom is 0.335 e. The molecular formula is C15H23N3O2. The Morgan fingerprint density at radius 1 is 0.850 bits per heavy atom. The Balaban J connectivity index is 2.09. The summed E-state index contributed by atoms with van der Waals surface area (Å²) in [4.78, 5) is 11.2. The average molecular weight is 277 g/mol. The molecule has 0 aliphatic carbocycles. The van der Waals surface area contributed by atoms with Gasteiger partial charge >= 0.3 is 5.97 Å². The zero-order valence-corrected chi connectivity index (χ0v) is 11.7. The van der Waals surface area contributed by atoms with Crippen LogP contribution in [-0.4, -0.2) is 37.3 Å². The Morgan fingerprint density at radius 2 is 1.35 bits per heavy atom. The first kappa shape index (κ1) is 15.0. The van der Waals surface area contributed by atoms with Crippen LogP contribution in [0.3, 0.4) is 0 Å². The fourth-order valence-corrected chi connectivity index (χ4v) is 2.36. The Morgan fingerprint density at radius 3 is 1.85 bits per heavy atom. The Bertz CT molecular complexity index is 418. The third-order valence-corrected chi connectivity index (χ3v) is 3.37. The molecule has 1 heterocycles. The highest BCUT2D eigenvalue weighted by Crippen LogP contribution is 2.11. The van der Waals surface area contributed by atoms with Crippen molar-refractivity contribution in [2.24, 2.45) is 0 Å². The third kappa shape index (κ3) is 4.92. The summed E-state index contributed by atoms with van der Waals surface area (Å²) in [5.41, 5.74) is 2.44. The average Bonchev–Trinajstić information content (AvgIpc) is 2.44. The van der Waals surface area contributed by atoms with Gasteiger partial charge in [-0.1, -0.05) is 6.07 Å². The lowest BCUT2D eigenvalue weighted by molar-refractivity contribution is 0.0696. The molecule has 1 aromatic carbocycles. The molecule has 0 fully saturated rings. The first-order chi connectivity index (χ1) is 9.75. The molecule has 0 unspecified atom stereocenters. The zero-order chi connectivity index (χ0) is 14.2. The van der Waals surface area contributed by atoms with E-state index in [9.17, 15) is 9.90 Å². The van der Waals surface area contributed by atoms with Gasteiger partial charge in [0.05, 0.1) is 5.56 Å². The Hall–Kier alpha value is -1.43. The lowest BCUT2D eigenvalue weighted by atomic mass is 10.1. The lowest BCUT2D eigenvalue weighted by Crippen LogP contribution is -2.26. The van der Waals surface area contributed by atoms with Gasteiger partial charge in [0.2, 0.25) is 0 Å². The number of carboxylic acid groups (broad SMARTS) is 1. The molecule has 0 saturated carbocycles. The van der Waals surface area contributed by atoms with Gasteiger partial charge in [-0.3, -0.25) is 0 Å². The second-order valence-corrected chi connectivity index (χ2v) is 5.15. The summed E-state index contributed by atoms with van der Waals surface area (Å²) < 4.78 is 0. The molecule has 0 spiro atoms. The van der Waals surface area contributed by atoms with Crippen molar-refractivity contribution in [1.82, 2.24) is 16.0 Å². The highest BCUT2D eigenvalue weighted by Gasteiger charge is 2.07. The van der Waals surface area contributed by atoms with Crippen LogP contribution in [0.25, 0.3) is 0 Å². The van der Waals surface area contributed by atoms with Gasteiger partial charge in [-0.25, -0.2) is 4.79 Å². The summed E-state index contributed by atoms with van der Waals surface area (Å²) in [6, 6.07) is 5.59. The molecule has 4 N–H and O–H groups in total. The van der Waals surface area contributed by atoms with Crippen LogP contribution < -0.4 is 16.0 Å². The maximum atomic E-state index is 11.2. The van der Waals surface area contributed by atoms with Crippen LogP contribution in [0.4, 0.5) is 0 Å². The fraction of sp³-hybridized carbons (Fsp3) is 0.533. The van der Waals surface area contributed by atoms with E-state index in [0.29, 0.717) is 18.7 Å². The van der Waals surface area contributed by atoms with Crippen LogP contribution >= 0.6 is 0 Å². The fourth-order valence-electron chi connectivity index (χ4n) is 2.36. The molecule has 110 valence electrons. The quantitative estimate of drug-likeness (QED) is 0.615. The van der Waals surface area contributed by atoms with Gasteiger partial charge in [-0.05, 0) is 62.3 Å². The van der Waals surface area contributed by atoms with Gasteiger partial charge in [-0.15, -0.1) is 0 Å². The molecule has 0 aromatic heterocycles. The molecule has 5 heteroatoms. The number of nitrogens with one attached hydrogen (secondary N) is 3. The molecule has 1 aliphatic heterocycles. The minimum Gasteiger partial charge on any atom is -0.478 e.